The van der Waals surface area contributed by atoms with Crippen LogP contribution in [0.15, 0.2) is 59.3 Å². The van der Waals surface area contributed by atoms with Crippen LogP contribution in [0.2, 0.25) is 0 Å². The molecular weight excluding hydrogens is 312 g/mol. The number of nitrogens with one attached hydrogen (secondary N) is 1. The van der Waals surface area contributed by atoms with Gasteiger partial charge in [0.25, 0.3) is 5.91 Å². The van der Waals surface area contributed by atoms with Gasteiger partial charge < -0.3 is 9.73 Å². The van der Waals surface area contributed by atoms with Crippen LogP contribution in [0.25, 0.3) is 5.69 Å². The van der Waals surface area contributed by atoms with Crippen molar-refractivity contribution in [1.29, 1.82) is 0 Å². The molecule has 0 aliphatic rings. The molecule has 1 N–H and O–H groups in total. The van der Waals surface area contributed by atoms with E-state index in [1.54, 1.807) is 18.0 Å². The lowest BCUT2D eigenvalue weighted by molar-refractivity contribution is 0.0951. The number of nitrogens with zero attached hydrogens (tertiary/aromatic N) is 3. The summed E-state index contributed by atoms with van der Waals surface area (Å²) in [5.41, 5.74) is 1.13. The van der Waals surface area contributed by atoms with Crippen molar-refractivity contribution in [2.45, 2.75) is 5.75 Å². The average Bonchev–Trinajstić information content (AvgIpc) is 3.27. The van der Waals surface area contributed by atoms with E-state index in [1.165, 1.54) is 11.0 Å². The fraction of sp³-hybridized carbons (Fsp3) is 0.188. The maximum absolute atomic E-state index is 12.0. The molecule has 0 unspecified atom stereocenters. The van der Waals surface area contributed by atoms with Gasteiger partial charge in [0, 0.05) is 12.3 Å². The number of furan rings is 1. The van der Waals surface area contributed by atoms with Crippen LogP contribution in [0.4, 0.5) is 0 Å². The molecule has 0 aliphatic heterocycles. The van der Waals surface area contributed by atoms with Gasteiger partial charge in [-0.15, -0.1) is 5.10 Å². The molecule has 0 spiro atoms. The molecule has 7 heteroatoms. The van der Waals surface area contributed by atoms with Crippen LogP contribution < -0.4 is 5.32 Å². The molecule has 1 amide bonds. The zero-order valence-corrected chi connectivity index (χ0v) is 13.2. The molecule has 2 heterocycles. The van der Waals surface area contributed by atoms with Gasteiger partial charge in [-0.05, 0) is 24.3 Å². The van der Waals surface area contributed by atoms with E-state index in [0.29, 0.717) is 12.2 Å². The van der Waals surface area contributed by atoms with Gasteiger partial charge in [-0.2, -0.15) is 21.7 Å². The Morgan fingerprint density at radius 2 is 2.09 bits per heavy atom. The fourth-order valence-corrected chi connectivity index (χ4v) is 2.70. The number of para-hydroxylation sites is 1. The SMILES string of the molecule is O=C(NCCSCc1ccco1)c1cnn(-c2ccccc2)n1. The summed E-state index contributed by atoms with van der Waals surface area (Å²) in [7, 11) is 0. The lowest BCUT2D eigenvalue weighted by Gasteiger charge is -2.02. The van der Waals surface area contributed by atoms with Gasteiger partial charge >= 0.3 is 0 Å². The number of hydrogen-bond acceptors (Lipinski definition) is 5. The van der Waals surface area contributed by atoms with Crippen molar-refractivity contribution in [3.63, 3.8) is 0 Å². The fourth-order valence-electron chi connectivity index (χ4n) is 1.95. The van der Waals surface area contributed by atoms with Gasteiger partial charge in [0.15, 0.2) is 5.69 Å². The highest BCUT2D eigenvalue weighted by molar-refractivity contribution is 7.98. The molecule has 3 aromatic rings. The van der Waals surface area contributed by atoms with Crippen LogP contribution >= 0.6 is 11.8 Å². The smallest absolute Gasteiger partial charge is 0.273 e. The van der Waals surface area contributed by atoms with Crippen LogP contribution in [0.1, 0.15) is 16.2 Å². The van der Waals surface area contributed by atoms with E-state index in [0.717, 1.165) is 23.0 Å². The highest BCUT2D eigenvalue weighted by Gasteiger charge is 2.10. The minimum absolute atomic E-state index is 0.217. The minimum atomic E-state index is -0.217. The molecule has 23 heavy (non-hydrogen) atoms. The molecule has 2 aromatic heterocycles. The van der Waals surface area contributed by atoms with Crippen molar-refractivity contribution >= 4 is 17.7 Å². The summed E-state index contributed by atoms with van der Waals surface area (Å²) in [5, 5.41) is 11.1. The van der Waals surface area contributed by atoms with Crippen LogP contribution in [0, 0.1) is 0 Å². The Hall–Kier alpha value is -2.54. The zero-order chi connectivity index (χ0) is 15.9. The Morgan fingerprint density at radius 3 is 2.87 bits per heavy atom. The molecule has 0 radical (unpaired) electrons. The average molecular weight is 328 g/mol. The molecule has 0 atom stereocenters. The van der Waals surface area contributed by atoms with Crippen molar-refractivity contribution < 1.29 is 9.21 Å². The standard InChI is InChI=1S/C16H16N4O2S/c21-16(17-8-10-23-12-14-7-4-9-22-14)15-11-18-20(19-15)13-5-2-1-3-6-13/h1-7,9,11H,8,10,12H2,(H,17,21). The number of rotatable bonds is 7. The molecule has 6 nitrogen and oxygen atoms in total. The Morgan fingerprint density at radius 1 is 1.22 bits per heavy atom. The Kier molecular flexibility index (Phi) is 5.10. The van der Waals surface area contributed by atoms with E-state index in [-0.39, 0.29) is 5.91 Å². The minimum Gasteiger partial charge on any atom is -0.468 e. The molecule has 0 saturated heterocycles. The third-order valence-corrected chi connectivity index (χ3v) is 4.05. The molecular formula is C16H16N4O2S. The number of benzene rings is 1. The Labute approximate surface area is 137 Å². The third kappa shape index (κ3) is 4.23. The summed E-state index contributed by atoms with van der Waals surface area (Å²) in [6.45, 7) is 0.572. The summed E-state index contributed by atoms with van der Waals surface area (Å²) < 4.78 is 5.25. The van der Waals surface area contributed by atoms with E-state index in [1.807, 2.05) is 42.5 Å². The van der Waals surface area contributed by atoms with Crippen LogP contribution in [-0.4, -0.2) is 33.2 Å². The quantitative estimate of drug-likeness (QED) is 0.675. The lowest BCUT2D eigenvalue weighted by atomic mass is 10.3. The lowest BCUT2D eigenvalue weighted by Crippen LogP contribution is -2.26. The van der Waals surface area contributed by atoms with E-state index < -0.39 is 0 Å². The molecule has 1 aromatic carbocycles. The van der Waals surface area contributed by atoms with E-state index >= 15 is 0 Å². The normalized spacial score (nSPS) is 10.6. The van der Waals surface area contributed by atoms with Gasteiger partial charge in [0.05, 0.1) is 23.9 Å². The van der Waals surface area contributed by atoms with Gasteiger partial charge in [-0.1, -0.05) is 18.2 Å². The van der Waals surface area contributed by atoms with Gasteiger partial charge in [0.2, 0.25) is 0 Å². The van der Waals surface area contributed by atoms with Crippen LogP contribution in [0.5, 0.6) is 0 Å². The van der Waals surface area contributed by atoms with E-state index in [9.17, 15) is 4.79 Å². The summed E-state index contributed by atoms with van der Waals surface area (Å²) in [6, 6.07) is 13.3. The zero-order valence-electron chi connectivity index (χ0n) is 12.4. The predicted molar refractivity (Wildman–Crippen MR) is 88.6 cm³/mol. The number of amides is 1. The molecule has 0 saturated carbocycles. The first-order chi connectivity index (χ1) is 11.3. The predicted octanol–water partition coefficient (Wildman–Crippen LogP) is 2.52. The second-order valence-corrected chi connectivity index (χ2v) is 5.85. The Bertz CT molecular complexity index is 741. The van der Waals surface area contributed by atoms with Crippen molar-refractivity contribution in [3.05, 3.63) is 66.4 Å². The van der Waals surface area contributed by atoms with Crippen molar-refractivity contribution in [3.8, 4) is 5.69 Å². The number of hydrogen-bond donors (Lipinski definition) is 1. The molecule has 0 fully saturated rings. The first-order valence-corrected chi connectivity index (χ1v) is 8.34. The van der Waals surface area contributed by atoms with E-state index in [2.05, 4.69) is 15.5 Å². The van der Waals surface area contributed by atoms with Crippen molar-refractivity contribution in [1.82, 2.24) is 20.3 Å². The maximum Gasteiger partial charge on any atom is 0.273 e. The maximum atomic E-state index is 12.0. The van der Waals surface area contributed by atoms with Crippen LogP contribution in [-0.2, 0) is 5.75 Å². The molecule has 3 rings (SSSR count). The Balaban J connectivity index is 1.44. The first kappa shape index (κ1) is 15.4. The van der Waals surface area contributed by atoms with E-state index in [4.69, 9.17) is 4.42 Å². The van der Waals surface area contributed by atoms with Gasteiger partial charge in [0.1, 0.15) is 5.76 Å². The highest BCUT2D eigenvalue weighted by atomic mass is 32.2. The number of carbonyl (C=O) groups is 1. The van der Waals surface area contributed by atoms with Crippen molar-refractivity contribution in [2.24, 2.45) is 0 Å². The molecule has 0 aliphatic carbocycles. The second kappa shape index (κ2) is 7.64. The molecule has 0 bridgehead atoms. The summed E-state index contributed by atoms with van der Waals surface area (Å²) in [6.07, 6.45) is 3.13. The van der Waals surface area contributed by atoms with Crippen molar-refractivity contribution in [2.75, 3.05) is 12.3 Å². The number of carbonyl (C=O) groups excluding carboxylic acids is 1. The van der Waals surface area contributed by atoms with Gasteiger partial charge in [-0.3, -0.25) is 4.79 Å². The van der Waals surface area contributed by atoms with Gasteiger partial charge in [-0.25, -0.2) is 0 Å². The number of aromatic nitrogens is 3. The summed E-state index contributed by atoms with van der Waals surface area (Å²) >= 11 is 1.70. The first-order valence-electron chi connectivity index (χ1n) is 7.19. The summed E-state index contributed by atoms with van der Waals surface area (Å²) in [5.74, 6) is 2.32. The summed E-state index contributed by atoms with van der Waals surface area (Å²) in [4.78, 5) is 13.5. The topological polar surface area (TPSA) is 73.0 Å². The number of thioether (sulfide) groups is 1. The second-order valence-electron chi connectivity index (χ2n) is 4.74. The van der Waals surface area contributed by atoms with Crippen LogP contribution in [0.3, 0.4) is 0 Å². The largest absolute Gasteiger partial charge is 0.468 e. The molecule has 118 valence electrons. The highest BCUT2D eigenvalue weighted by Crippen LogP contribution is 2.11. The monoisotopic (exact) mass is 328 g/mol. The third-order valence-electron chi connectivity index (χ3n) is 3.07.